The Morgan fingerprint density at radius 3 is 2.75 bits per heavy atom. The molecule has 1 aliphatic rings. The Labute approximate surface area is 75.3 Å². The van der Waals surface area contributed by atoms with Gasteiger partial charge in [0.05, 0.1) is 6.21 Å². The predicted octanol–water partition coefficient (Wildman–Crippen LogP) is -0.432. The average molecular weight is 188 g/mol. The zero-order valence-corrected chi connectivity index (χ0v) is 7.67. The number of hydrogen-bond donors (Lipinski definition) is 2. The largest absolute Gasteiger partial charge is 0.291 e. The molecule has 12 heavy (non-hydrogen) atoms. The Morgan fingerprint density at radius 2 is 2.33 bits per heavy atom. The molecule has 0 bridgehead atoms. The first-order valence-corrected chi connectivity index (χ1v) is 4.39. The quantitative estimate of drug-likeness (QED) is 0.431. The molecule has 1 aliphatic heterocycles. The van der Waals surface area contributed by atoms with Crippen LogP contribution in [0.25, 0.3) is 0 Å². The fourth-order valence-electron chi connectivity index (χ4n) is 0.566. The maximum absolute atomic E-state index is 10.5. The number of Topliss-reactive ketones (excluding diaryl/α,β-unsaturated/α-hetero) is 1. The van der Waals surface area contributed by atoms with Gasteiger partial charge in [0.2, 0.25) is 0 Å². The molecule has 0 radical (unpaired) electrons. The smallest absolute Gasteiger partial charge is 0.195 e. The molecule has 1 heterocycles. The monoisotopic (exact) mass is 188 g/mol. The molecule has 1 rings (SSSR count). The lowest BCUT2D eigenvalue weighted by Gasteiger charge is -2.00. The lowest BCUT2D eigenvalue weighted by atomic mass is 10.4. The zero-order valence-electron chi connectivity index (χ0n) is 6.86. The van der Waals surface area contributed by atoms with Crippen molar-refractivity contribution in [2.75, 3.05) is 12.3 Å². The standard InChI is InChI=1S/C6H8N2OS.H4N2/c1-2-10-6-7-3-5(9)4-8-6;1-2/h3H,2,4H2,1H3;1-2H2. The molecular weight excluding hydrogens is 176 g/mol. The van der Waals surface area contributed by atoms with Crippen molar-refractivity contribution in [2.45, 2.75) is 6.92 Å². The molecule has 68 valence electrons. The first-order valence-electron chi connectivity index (χ1n) is 3.40. The van der Waals surface area contributed by atoms with Gasteiger partial charge in [0.25, 0.3) is 0 Å². The van der Waals surface area contributed by atoms with Crippen molar-refractivity contribution < 1.29 is 4.79 Å². The van der Waals surface area contributed by atoms with Crippen LogP contribution < -0.4 is 11.7 Å². The average Bonchev–Trinajstić information content (AvgIpc) is 2.13. The molecule has 0 saturated carbocycles. The second-order valence-electron chi connectivity index (χ2n) is 1.76. The topological polar surface area (TPSA) is 93.8 Å². The van der Waals surface area contributed by atoms with E-state index in [4.69, 9.17) is 0 Å². The van der Waals surface area contributed by atoms with Gasteiger partial charge in [-0.3, -0.25) is 21.5 Å². The van der Waals surface area contributed by atoms with E-state index in [1.165, 1.54) is 6.21 Å². The van der Waals surface area contributed by atoms with Crippen LogP contribution >= 0.6 is 11.8 Å². The number of ketones is 1. The Bertz CT molecular complexity index is 202. The van der Waals surface area contributed by atoms with Crippen LogP contribution in [0.1, 0.15) is 6.92 Å². The van der Waals surface area contributed by atoms with Crippen LogP contribution in [-0.4, -0.2) is 29.5 Å². The summed E-state index contributed by atoms with van der Waals surface area (Å²) in [4.78, 5) is 18.3. The van der Waals surface area contributed by atoms with E-state index in [1.807, 2.05) is 6.92 Å². The van der Waals surface area contributed by atoms with E-state index >= 15 is 0 Å². The van der Waals surface area contributed by atoms with E-state index in [-0.39, 0.29) is 12.3 Å². The number of amidine groups is 1. The third-order valence-corrected chi connectivity index (χ3v) is 1.74. The minimum Gasteiger partial charge on any atom is -0.291 e. The number of nitrogens with zero attached hydrogens (tertiary/aromatic N) is 2. The van der Waals surface area contributed by atoms with Crippen LogP contribution in [0.2, 0.25) is 0 Å². The maximum Gasteiger partial charge on any atom is 0.195 e. The highest BCUT2D eigenvalue weighted by molar-refractivity contribution is 8.13. The van der Waals surface area contributed by atoms with E-state index < -0.39 is 0 Å². The number of hydrazine groups is 1. The SMILES string of the molecule is CCSC1=NCC(=O)C=N1.NN. The Balaban J connectivity index is 0.000000561. The highest BCUT2D eigenvalue weighted by Gasteiger charge is 2.04. The first-order chi connectivity index (χ1) is 5.83. The third kappa shape index (κ3) is 4.22. The minimum absolute atomic E-state index is 0.0135. The number of thioether (sulfide) groups is 1. The maximum atomic E-state index is 10.5. The summed E-state index contributed by atoms with van der Waals surface area (Å²) in [5, 5.41) is 0.724. The van der Waals surface area contributed by atoms with E-state index in [1.54, 1.807) is 11.8 Å². The van der Waals surface area contributed by atoms with Gasteiger partial charge in [-0.2, -0.15) is 0 Å². The van der Waals surface area contributed by atoms with Crippen LogP contribution in [0.15, 0.2) is 9.98 Å². The van der Waals surface area contributed by atoms with Crippen molar-refractivity contribution >= 4 is 28.9 Å². The summed E-state index contributed by atoms with van der Waals surface area (Å²) >= 11 is 1.55. The van der Waals surface area contributed by atoms with Crippen molar-refractivity contribution in [2.24, 2.45) is 21.7 Å². The third-order valence-electron chi connectivity index (χ3n) is 0.963. The number of carbonyl (C=O) groups is 1. The fraction of sp³-hybridized carbons (Fsp3) is 0.500. The van der Waals surface area contributed by atoms with E-state index in [9.17, 15) is 4.79 Å². The second kappa shape index (κ2) is 6.96. The number of aliphatic imine (C=N–C) groups is 2. The van der Waals surface area contributed by atoms with Crippen LogP contribution in [0.3, 0.4) is 0 Å². The molecule has 0 unspecified atom stereocenters. The molecular formula is C6H12N4OS. The van der Waals surface area contributed by atoms with Gasteiger partial charge in [-0.1, -0.05) is 18.7 Å². The molecule has 0 spiro atoms. The van der Waals surface area contributed by atoms with Crippen molar-refractivity contribution in [3.8, 4) is 0 Å². The fourth-order valence-corrected chi connectivity index (χ4v) is 1.11. The lowest BCUT2D eigenvalue weighted by Crippen LogP contribution is -2.11. The summed E-state index contributed by atoms with van der Waals surface area (Å²) in [6.07, 6.45) is 1.34. The number of rotatable bonds is 1. The lowest BCUT2D eigenvalue weighted by molar-refractivity contribution is -0.111. The van der Waals surface area contributed by atoms with Crippen LogP contribution in [-0.2, 0) is 4.79 Å². The summed E-state index contributed by atoms with van der Waals surface area (Å²) in [6.45, 7) is 2.30. The van der Waals surface area contributed by atoms with E-state index in [0.717, 1.165) is 10.9 Å². The molecule has 0 fully saturated rings. The van der Waals surface area contributed by atoms with E-state index in [2.05, 4.69) is 21.7 Å². The number of hydrogen-bond acceptors (Lipinski definition) is 6. The molecule has 0 saturated heterocycles. The van der Waals surface area contributed by atoms with Gasteiger partial charge >= 0.3 is 0 Å². The van der Waals surface area contributed by atoms with Gasteiger partial charge < -0.3 is 0 Å². The Kier molecular flexibility index (Phi) is 6.54. The summed E-state index contributed by atoms with van der Waals surface area (Å²) in [5.74, 6) is 8.94. The van der Waals surface area contributed by atoms with Gasteiger partial charge in [-0.15, -0.1) is 0 Å². The molecule has 0 aromatic carbocycles. The predicted molar refractivity (Wildman–Crippen MR) is 52.3 cm³/mol. The molecule has 0 aromatic rings. The first kappa shape index (κ1) is 11.3. The minimum atomic E-state index is -0.0135. The van der Waals surface area contributed by atoms with Gasteiger partial charge in [-0.05, 0) is 5.75 Å². The number of carbonyl (C=O) groups excluding carboxylic acids is 1. The number of nitrogens with two attached hydrogens (primary N) is 2. The van der Waals surface area contributed by atoms with E-state index in [0.29, 0.717) is 0 Å². The highest BCUT2D eigenvalue weighted by atomic mass is 32.2. The summed E-state index contributed by atoms with van der Waals surface area (Å²) in [6, 6.07) is 0. The summed E-state index contributed by atoms with van der Waals surface area (Å²) in [7, 11) is 0. The van der Waals surface area contributed by atoms with Gasteiger partial charge in [0.15, 0.2) is 11.0 Å². The van der Waals surface area contributed by atoms with Crippen molar-refractivity contribution in [1.82, 2.24) is 0 Å². The molecule has 0 amide bonds. The van der Waals surface area contributed by atoms with Crippen LogP contribution in [0, 0.1) is 0 Å². The van der Waals surface area contributed by atoms with Crippen LogP contribution in [0.5, 0.6) is 0 Å². The highest BCUT2D eigenvalue weighted by Crippen LogP contribution is 2.06. The Morgan fingerprint density at radius 1 is 1.67 bits per heavy atom. The Hall–Kier alpha value is -0.720. The van der Waals surface area contributed by atoms with Gasteiger partial charge in [0, 0.05) is 0 Å². The molecule has 0 atom stereocenters. The summed E-state index contributed by atoms with van der Waals surface area (Å²) < 4.78 is 0. The van der Waals surface area contributed by atoms with Gasteiger partial charge in [-0.25, -0.2) is 4.99 Å². The van der Waals surface area contributed by atoms with Crippen molar-refractivity contribution in [3.63, 3.8) is 0 Å². The molecule has 4 N–H and O–H groups in total. The normalized spacial score (nSPS) is 14.9. The molecule has 0 aliphatic carbocycles. The second-order valence-corrected chi connectivity index (χ2v) is 2.99. The molecule has 6 heteroatoms. The molecule has 0 aromatic heterocycles. The van der Waals surface area contributed by atoms with Crippen molar-refractivity contribution in [1.29, 1.82) is 0 Å². The molecule has 5 nitrogen and oxygen atoms in total. The zero-order chi connectivity index (χ0) is 9.40. The van der Waals surface area contributed by atoms with Crippen molar-refractivity contribution in [3.05, 3.63) is 0 Å². The van der Waals surface area contributed by atoms with Crippen LogP contribution in [0.4, 0.5) is 0 Å². The van der Waals surface area contributed by atoms with Gasteiger partial charge in [0.1, 0.15) is 6.54 Å². The summed E-state index contributed by atoms with van der Waals surface area (Å²) in [5.41, 5.74) is 0.